The second-order valence-corrected chi connectivity index (χ2v) is 5.76. The van der Waals surface area contributed by atoms with E-state index in [0.717, 1.165) is 23.1 Å². The molecule has 0 N–H and O–H groups in total. The van der Waals surface area contributed by atoms with Crippen molar-refractivity contribution in [1.29, 1.82) is 5.26 Å². The summed E-state index contributed by atoms with van der Waals surface area (Å²) in [5.41, 5.74) is 5.43. The van der Waals surface area contributed by atoms with Gasteiger partial charge in [0, 0.05) is 5.92 Å². The molecular formula is C19H17NO. The Hall–Kier alpha value is -2.40. The molecular weight excluding hydrogens is 258 g/mol. The highest BCUT2D eigenvalue weighted by atomic mass is 16.1. The van der Waals surface area contributed by atoms with E-state index in [2.05, 4.69) is 12.1 Å². The SMILES string of the molecule is Cc1ccc(C(C#N)C(=O)C2Cc3ccccc32)cc1C. The van der Waals surface area contributed by atoms with Crippen molar-refractivity contribution >= 4 is 5.78 Å². The van der Waals surface area contributed by atoms with Gasteiger partial charge in [-0.3, -0.25) is 4.79 Å². The second kappa shape index (κ2) is 5.18. The Labute approximate surface area is 125 Å². The summed E-state index contributed by atoms with van der Waals surface area (Å²) in [6.45, 7) is 4.04. The molecule has 0 aliphatic heterocycles. The number of fused-ring (bicyclic) bond motifs is 1. The lowest BCUT2D eigenvalue weighted by Gasteiger charge is -2.30. The van der Waals surface area contributed by atoms with Crippen LogP contribution in [-0.4, -0.2) is 5.78 Å². The number of nitrogens with zero attached hydrogens (tertiary/aromatic N) is 1. The Morgan fingerprint density at radius 2 is 1.95 bits per heavy atom. The third kappa shape index (κ3) is 2.25. The van der Waals surface area contributed by atoms with Crippen LogP contribution in [0, 0.1) is 25.2 Å². The highest BCUT2D eigenvalue weighted by Crippen LogP contribution is 2.39. The standard InChI is InChI=1S/C19H17NO/c1-12-7-8-15(9-13(12)2)18(11-20)19(21)17-10-14-5-3-4-6-16(14)17/h3-9,17-18H,10H2,1-2H3. The number of aryl methyl sites for hydroxylation is 2. The van der Waals surface area contributed by atoms with Gasteiger partial charge in [-0.25, -0.2) is 0 Å². The lowest BCUT2D eigenvalue weighted by molar-refractivity contribution is -0.121. The van der Waals surface area contributed by atoms with Crippen molar-refractivity contribution < 1.29 is 4.79 Å². The van der Waals surface area contributed by atoms with Crippen LogP contribution < -0.4 is 0 Å². The van der Waals surface area contributed by atoms with Crippen molar-refractivity contribution in [2.75, 3.05) is 0 Å². The van der Waals surface area contributed by atoms with Crippen LogP contribution in [0.1, 0.15) is 39.7 Å². The minimum absolute atomic E-state index is 0.0273. The number of carbonyl (C=O) groups is 1. The molecule has 1 aliphatic rings. The third-order valence-electron chi connectivity index (χ3n) is 4.48. The first-order valence-electron chi connectivity index (χ1n) is 7.20. The fraction of sp³-hybridized carbons (Fsp3) is 0.263. The van der Waals surface area contributed by atoms with E-state index in [1.807, 2.05) is 50.2 Å². The zero-order valence-electron chi connectivity index (χ0n) is 12.3. The third-order valence-corrected chi connectivity index (χ3v) is 4.48. The maximum absolute atomic E-state index is 12.7. The highest BCUT2D eigenvalue weighted by Gasteiger charge is 2.36. The van der Waals surface area contributed by atoms with Gasteiger partial charge >= 0.3 is 0 Å². The Morgan fingerprint density at radius 1 is 1.19 bits per heavy atom. The number of nitriles is 1. The Morgan fingerprint density at radius 3 is 2.62 bits per heavy atom. The molecule has 1 aliphatic carbocycles. The molecule has 21 heavy (non-hydrogen) atoms. The molecule has 0 fully saturated rings. The molecule has 0 radical (unpaired) electrons. The summed E-state index contributed by atoms with van der Waals surface area (Å²) in [7, 11) is 0. The molecule has 0 saturated heterocycles. The van der Waals surface area contributed by atoms with Crippen molar-refractivity contribution in [3.05, 3.63) is 70.3 Å². The molecule has 3 rings (SSSR count). The Balaban J connectivity index is 1.90. The fourth-order valence-corrected chi connectivity index (χ4v) is 2.96. The minimum atomic E-state index is -0.664. The average Bonchev–Trinajstić information content (AvgIpc) is 2.45. The van der Waals surface area contributed by atoms with Gasteiger partial charge in [0.05, 0.1) is 6.07 Å². The minimum Gasteiger partial charge on any atom is -0.297 e. The van der Waals surface area contributed by atoms with Crippen molar-refractivity contribution in [3.8, 4) is 6.07 Å². The molecule has 0 amide bonds. The van der Waals surface area contributed by atoms with Gasteiger partial charge in [-0.15, -0.1) is 0 Å². The normalized spacial score (nSPS) is 17.3. The van der Waals surface area contributed by atoms with Gasteiger partial charge in [-0.1, -0.05) is 42.5 Å². The van der Waals surface area contributed by atoms with Gasteiger partial charge in [-0.05, 0) is 48.1 Å². The monoisotopic (exact) mass is 275 g/mol. The number of carbonyl (C=O) groups excluding carboxylic acids is 1. The largest absolute Gasteiger partial charge is 0.297 e. The smallest absolute Gasteiger partial charge is 0.162 e. The number of ketones is 1. The summed E-state index contributed by atoms with van der Waals surface area (Å²) < 4.78 is 0. The van der Waals surface area contributed by atoms with Crippen molar-refractivity contribution in [3.63, 3.8) is 0 Å². The van der Waals surface area contributed by atoms with Gasteiger partial charge in [0.1, 0.15) is 5.92 Å². The summed E-state index contributed by atoms with van der Waals surface area (Å²) in [6.07, 6.45) is 0.762. The molecule has 2 unspecified atom stereocenters. The molecule has 0 bridgehead atoms. The molecule has 0 heterocycles. The lowest BCUT2D eigenvalue weighted by Crippen LogP contribution is -2.29. The zero-order valence-corrected chi connectivity index (χ0v) is 12.3. The van der Waals surface area contributed by atoms with E-state index in [4.69, 9.17) is 0 Å². The number of Topliss-reactive ketones (excluding diaryl/α,β-unsaturated/α-hetero) is 1. The first kappa shape index (κ1) is 13.6. The van der Waals surface area contributed by atoms with Crippen LogP contribution in [0.5, 0.6) is 0 Å². The first-order valence-corrected chi connectivity index (χ1v) is 7.20. The van der Waals surface area contributed by atoms with Crippen LogP contribution in [0.2, 0.25) is 0 Å². The molecule has 2 aromatic carbocycles. The Bertz CT molecular complexity index is 754. The van der Waals surface area contributed by atoms with Gasteiger partial charge in [0.25, 0.3) is 0 Å². The van der Waals surface area contributed by atoms with E-state index in [9.17, 15) is 10.1 Å². The molecule has 2 atom stereocenters. The summed E-state index contributed by atoms with van der Waals surface area (Å²) >= 11 is 0. The van der Waals surface area contributed by atoms with Gasteiger partial charge in [0.15, 0.2) is 5.78 Å². The zero-order chi connectivity index (χ0) is 15.0. The van der Waals surface area contributed by atoms with E-state index < -0.39 is 5.92 Å². The summed E-state index contributed by atoms with van der Waals surface area (Å²) in [4.78, 5) is 12.7. The van der Waals surface area contributed by atoms with Crippen LogP contribution in [0.15, 0.2) is 42.5 Å². The number of hydrogen-bond donors (Lipinski definition) is 0. The van der Waals surface area contributed by atoms with Crippen molar-refractivity contribution in [1.82, 2.24) is 0 Å². The summed E-state index contributed by atoms with van der Waals surface area (Å²) in [5.74, 6) is -0.755. The van der Waals surface area contributed by atoms with E-state index >= 15 is 0 Å². The molecule has 0 aromatic heterocycles. The topological polar surface area (TPSA) is 40.9 Å². The molecule has 0 spiro atoms. The lowest BCUT2D eigenvalue weighted by atomic mass is 9.71. The van der Waals surface area contributed by atoms with Gasteiger partial charge in [-0.2, -0.15) is 5.26 Å². The van der Waals surface area contributed by atoms with Crippen LogP contribution >= 0.6 is 0 Å². The molecule has 104 valence electrons. The number of benzene rings is 2. The summed E-state index contributed by atoms with van der Waals surface area (Å²) in [5, 5.41) is 9.46. The predicted octanol–water partition coefficient (Wildman–Crippen LogP) is 3.82. The highest BCUT2D eigenvalue weighted by molar-refractivity contribution is 5.96. The molecule has 0 saturated carbocycles. The number of hydrogen-bond acceptors (Lipinski definition) is 2. The Kier molecular flexibility index (Phi) is 3.35. The molecule has 2 heteroatoms. The predicted molar refractivity (Wildman–Crippen MR) is 82.2 cm³/mol. The van der Waals surface area contributed by atoms with Crippen molar-refractivity contribution in [2.24, 2.45) is 0 Å². The molecule has 2 aromatic rings. The van der Waals surface area contributed by atoms with Gasteiger partial charge in [0.2, 0.25) is 0 Å². The second-order valence-electron chi connectivity index (χ2n) is 5.76. The van der Waals surface area contributed by atoms with Crippen molar-refractivity contribution in [2.45, 2.75) is 32.1 Å². The van der Waals surface area contributed by atoms with E-state index in [1.165, 1.54) is 11.1 Å². The van der Waals surface area contributed by atoms with E-state index in [-0.39, 0.29) is 11.7 Å². The van der Waals surface area contributed by atoms with E-state index in [0.29, 0.717) is 0 Å². The van der Waals surface area contributed by atoms with Crippen LogP contribution in [0.4, 0.5) is 0 Å². The summed E-state index contributed by atoms with van der Waals surface area (Å²) in [6, 6.07) is 16.0. The maximum atomic E-state index is 12.7. The first-order chi connectivity index (χ1) is 10.1. The maximum Gasteiger partial charge on any atom is 0.162 e. The quantitative estimate of drug-likeness (QED) is 0.854. The van der Waals surface area contributed by atoms with Gasteiger partial charge < -0.3 is 0 Å². The fourth-order valence-electron chi connectivity index (χ4n) is 2.96. The van der Waals surface area contributed by atoms with Crippen LogP contribution in [0.25, 0.3) is 0 Å². The number of rotatable bonds is 3. The van der Waals surface area contributed by atoms with E-state index in [1.54, 1.807) is 0 Å². The average molecular weight is 275 g/mol. The van der Waals surface area contributed by atoms with Crippen LogP contribution in [0.3, 0.4) is 0 Å². The van der Waals surface area contributed by atoms with Crippen LogP contribution in [-0.2, 0) is 11.2 Å². The molecule has 2 nitrogen and oxygen atoms in total.